The molecule has 1 atom stereocenters. The number of hydrogen-bond donors (Lipinski definition) is 0. The SMILES string of the molecule is CCOC(=O)C1=C(c2ccccc2)N=c2s/c(=C/c3ccc(N4CCCCC4)cc3)c(=O)n2[C@H]1c1ccc(OC)c(OC)c1. The molecule has 9 heteroatoms. The lowest BCUT2D eigenvalue weighted by molar-refractivity contribution is -0.138. The summed E-state index contributed by atoms with van der Waals surface area (Å²) in [5.41, 5.74) is 4.08. The Balaban J connectivity index is 1.54. The minimum Gasteiger partial charge on any atom is -0.493 e. The van der Waals surface area contributed by atoms with Gasteiger partial charge in [0.15, 0.2) is 16.3 Å². The predicted molar refractivity (Wildman–Crippen MR) is 173 cm³/mol. The van der Waals surface area contributed by atoms with Gasteiger partial charge in [-0.15, -0.1) is 0 Å². The molecule has 2 aliphatic heterocycles. The second kappa shape index (κ2) is 12.9. The lowest BCUT2D eigenvalue weighted by Crippen LogP contribution is -2.40. The maximum atomic E-state index is 14.2. The van der Waals surface area contributed by atoms with Crippen molar-refractivity contribution < 1.29 is 19.0 Å². The van der Waals surface area contributed by atoms with Crippen molar-refractivity contribution in [2.75, 3.05) is 38.8 Å². The van der Waals surface area contributed by atoms with Gasteiger partial charge >= 0.3 is 5.97 Å². The van der Waals surface area contributed by atoms with E-state index in [2.05, 4.69) is 17.0 Å². The number of aromatic nitrogens is 1. The topological polar surface area (TPSA) is 82.4 Å². The van der Waals surface area contributed by atoms with Crippen molar-refractivity contribution in [3.05, 3.63) is 115 Å². The van der Waals surface area contributed by atoms with Crippen molar-refractivity contribution in [1.29, 1.82) is 0 Å². The predicted octanol–water partition coefficient (Wildman–Crippen LogP) is 4.94. The Bertz CT molecular complexity index is 1870. The number of rotatable bonds is 8. The number of hydrogen-bond acceptors (Lipinski definition) is 8. The number of fused-ring (bicyclic) bond motifs is 1. The summed E-state index contributed by atoms with van der Waals surface area (Å²) in [6.07, 6.45) is 5.60. The van der Waals surface area contributed by atoms with E-state index in [-0.39, 0.29) is 17.7 Å². The van der Waals surface area contributed by atoms with Gasteiger partial charge in [-0.1, -0.05) is 59.9 Å². The monoisotopic (exact) mass is 609 g/mol. The Morgan fingerprint density at radius 3 is 2.36 bits per heavy atom. The number of piperidine rings is 1. The Labute approximate surface area is 260 Å². The van der Waals surface area contributed by atoms with Crippen LogP contribution in [-0.4, -0.2) is 44.5 Å². The molecule has 0 amide bonds. The summed E-state index contributed by atoms with van der Waals surface area (Å²) in [5.74, 6) is 0.501. The summed E-state index contributed by atoms with van der Waals surface area (Å²) in [4.78, 5) is 35.7. The van der Waals surface area contributed by atoms with Crippen LogP contribution in [0, 0.1) is 0 Å². The molecular weight excluding hydrogens is 574 g/mol. The fourth-order valence-corrected chi connectivity index (χ4v) is 6.86. The van der Waals surface area contributed by atoms with E-state index in [0.29, 0.717) is 32.1 Å². The highest BCUT2D eigenvalue weighted by molar-refractivity contribution is 7.07. The van der Waals surface area contributed by atoms with E-state index in [1.165, 1.54) is 36.3 Å². The van der Waals surface area contributed by atoms with Crippen molar-refractivity contribution >= 4 is 34.8 Å². The maximum absolute atomic E-state index is 14.2. The van der Waals surface area contributed by atoms with Gasteiger partial charge in [0.05, 0.1) is 42.7 Å². The van der Waals surface area contributed by atoms with E-state index in [9.17, 15) is 9.59 Å². The first-order chi connectivity index (χ1) is 21.5. The van der Waals surface area contributed by atoms with Crippen LogP contribution in [0.1, 0.15) is 48.9 Å². The summed E-state index contributed by atoms with van der Waals surface area (Å²) in [6.45, 7) is 4.08. The molecule has 44 heavy (non-hydrogen) atoms. The minimum atomic E-state index is -0.802. The molecule has 3 heterocycles. The number of carbonyl (C=O) groups is 1. The average Bonchev–Trinajstić information content (AvgIpc) is 3.38. The van der Waals surface area contributed by atoms with E-state index in [0.717, 1.165) is 24.2 Å². The zero-order valence-corrected chi connectivity index (χ0v) is 25.9. The number of thiazole rings is 1. The van der Waals surface area contributed by atoms with Crippen LogP contribution >= 0.6 is 11.3 Å². The van der Waals surface area contributed by atoms with E-state index in [1.807, 2.05) is 54.6 Å². The van der Waals surface area contributed by atoms with Gasteiger partial charge in [0.1, 0.15) is 0 Å². The summed E-state index contributed by atoms with van der Waals surface area (Å²) in [6, 6.07) is 22.5. The number of carbonyl (C=O) groups excluding carboxylic acids is 1. The molecule has 4 aromatic rings. The first kappa shape index (κ1) is 29.4. The van der Waals surface area contributed by atoms with Crippen LogP contribution < -0.4 is 29.3 Å². The van der Waals surface area contributed by atoms with Gasteiger partial charge < -0.3 is 19.1 Å². The molecule has 0 unspecified atom stereocenters. The van der Waals surface area contributed by atoms with Crippen LogP contribution in [-0.2, 0) is 9.53 Å². The Kier molecular flexibility index (Phi) is 8.65. The third-order valence-electron chi connectivity index (χ3n) is 8.01. The molecule has 226 valence electrons. The van der Waals surface area contributed by atoms with Gasteiger partial charge in [-0.25, -0.2) is 9.79 Å². The van der Waals surface area contributed by atoms with Gasteiger partial charge in [-0.05, 0) is 67.7 Å². The van der Waals surface area contributed by atoms with E-state index in [1.54, 1.807) is 37.8 Å². The van der Waals surface area contributed by atoms with E-state index in [4.69, 9.17) is 19.2 Å². The highest BCUT2D eigenvalue weighted by atomic mass is 32.1. The second-order valence-corrected chi connectivity index (χ2v) is 11.7. The summed E-state index contributed by atoms with van der Waals surface area (Å²) < 4.78 is 18.8. The van der Waals surface area contributed by atoms with Crippen LogP contribution in [0.4, 0.5) is 5.69 Å². The minimum absolute atomic E-state index is 0.181. The molecule has 0 N–H and O–H groups in total. The third-order valence-corrected chi connectivity index (χ3v) is 8.99. The summed E-state index contributed by atoms with van der Waals surface area (Å²) >= 11 is 1.31. The molecule has 0 radical (unpaired) electrons. The molecule has 1 aromatic heterocycles. The zero-order valence-electron chi connectivity index (χ0n) is 25.1. The first-order valence-corrected chi connectivity index (χ1v) is 15.7. The molecular formula is C35H35N3O5S. The number of nitrogens with zero attached hydrogens (tertiary/aromatic N) is 3. The number of ether oxygens (including phenoxy) is 3. The number of benzene rings is 3. The van der Waals surface area contributed by atoms with Crippen LogP contribution in [0.2, 0.25) is 0 Å². The van der Waals surface area contributed by atoms with Gasteiger partial charge in [0, 0.05) is 24.3 Å². The summed E-state index contributed by atoms with van der Waals surface area (Å²) in [7, 11) is 3.12. The fraction of sp³-hybridized carbons (Fsp3) is 0.286. The van der Waals surface area contributed by atoms with Crippen molar-refractivity contribution in [2.24, 2.45) is 4.99 Å². The van der Waals surface area contributed by atoms with Crippen molar-refractivity contribution in [3.8, 4) is 11.5 Å². The van der Waals surface area contributed by atoms with Crippen molar-refractivity contribution in [2.45, 2.75) is 32.2 Å². The standard InChI is InChI=1S/C35H35N3O5S/c1-4-43-34(40)30-31(24-11-7-5-8-12-24)36-35-38(32(30)25-15-18-27(41-2)28(22-25)42-3)33(39)29(44-35)21-23-13-16-26(17-14-23)37-19-9-6-10-20-37/h5,7-8,11-18,21-22,32H,4,6,9-10,19-20H2,1-3H3/b29-21+/t32-/m0/s1. The number of esters is 1. The Hall–Kier alpha value is -4.63. The highest BCUT2D eigenvalue weighted by Crippen LogP contribution is 2.38. The number of methoxy groups -OCH3 is 2. The molecule has 8 nitrogen and oxygen atoms in total. The molecule has 0 bridgehead atoms. The third kappa shape index (κ3) is 5.67. The van der Waals surface area contributed by atoms with E-state index >= 15 is 0 Å². The quantitative estimate of drug-likeness (QED) is 0.263. The van der Waals surface area contributed by atoms with Crippen molar-refractivity contribution in [3.63, 3.8) is 0 Å². The smallest absolute Gasteiger partial charge is 0.338 e. The average molecular weight is 610 g/mol. The van der Waals surface area contributed by atoms with Crippen LogP contribution in [0.3, 0.4) is 0 Å². The van der Waals surface area contributed by atoms with Crippen LogP contribution in [0.5, 0.6) is 11.5 Å². The largest absolute Gasteiger partial charge is 0.493 e. The molecule has 6 rings (SSSR count). The molecule has 1 saturated heterocycles. The van der Waals surface area contributed by atoms with Crippen LogP contribution in [0.25, 0.3) is 11.8 Å². The summed E-state index contributed by atoms with van der Waals surface area (Å²) in [5, 5.41) is 0. The van der Waals surface area contributed by atoms with Crippen LogP contribution in [0.15, 0.2) is 88.2 Å². The maximum Gasteiger partial charge on any atom is 0.338 e. The molecule has 0 spiro atoms. The number of anilines is 1. The zero-order chi connectivity index (χ0) is 30.6. The molecule has 0 aliphatic carbocycles. The lowest BCUT2D eigenvalue weighted by Gasteiger charge is -2.28. The molecule has 3 aromatic carbocycles. The van der Waals surface area contributed by atoms with Crippen molar-refractivity contribution in [1.82, 2.24) is 4.57 Å². The first-order valence-electron chi connectivity index (χ1n) is 14.9. The van der Waals surface area contributed by atoms with Gasteiger partial charge in [0.2, 0.25) is 0 Å². The second-order valence-electron chi connectivity index (χ2n) is 10.7. The molecule has 1 fully saturated rings. The molecule has 2 aliphatic rings. The fourth-order valence-electron chi connectivity index (χ4n) is 5.86. The highest BCUT2D eigenvalue weighted by Gasteiger charge is 2.35. The Morgan fingerprint density at radius 1 is 0.955 bits per heavy atom. The van der Waals surface area contributed by atoms with E-state index < -0.39 is 12.0 Å². The lowest BCUT2D eigenvalue weighted by atomic mass is 9.93. The normalized spacial score (nSPS) is 16.8. The molecule has 0 saturated carbocycles. The van der Waals surface area contributed by atoms with Gasteiger partial charge in [-0.2, -0.15) is 0 Å². The Morgan fingerprint density at radius 2 is 1.68 bits per heavy atom. The van der Waals surface area contributed by atoms with Gasteiger partial charge in [-0.3, -0.25) is 9.36 Å². The van der Waals surface area contributed by atoms with Gasteiger partial charge in [0.25, 0.3) is 5.56 Å².